The molecular weight excluding hydrogens is 162 g/mol. The van der Waals surface area contributed by atoms with E-state index in [4.69, 9.17) is 5.11 Å². The molecule has 0 atom stereocenters. The molecule has 0 bridgehead atoms. The van der Waals surface area contributed by atoms with Gasteiger partial charge in [-0.25, -0.2) is 4.79 Å². The van der Waals surface area contributed by atoms with Crippen molar-refractivity contribution in [2.45, 2.75) is 0 Å². The summed E-state index contributed by atoms with van der Waals surface area (Å²) in [6.07, 6.45) is -0.995. The molecule has 6 heteroatoms. The van der Waals surface area contributed by atoms with Gasteiger partial charge in [-0.05, 0) is 0 Å². The molecule has 1 rings (SSSR count). The van der Waals surface area contributed by atoms with Gasteiger partial charge in [-0.1, -0.05) is 0 Å². The summed E-state index contributed by atoms with van der Waals surface area (Å²) >= 11 is 0. The Balaban J connectivity index is 0.000000217. The lowest BCUT2D eigenvalue weighted by Gasteiger charge is -2.11. The maximum absolute atomic E-state index is 10.3. The number of rotatable bonds is 0. The standard InChI is InChI=1S/C4H8N2O.C2H5NO2/c7-4-3-5-1-2-6-4;1-3-2(4)5/h5H,1-3H2,(H,6,7);3H,1H3,(H,4,5). The van der Waals surface area contributed by atoms with Crippen molar-refractivity contribution in [3.63, 3.8) is 0 Å². The minimum Gasteiger partial charge on any atom is -0.465 e. The second-order valence-corrected chi connectivity index (χ2v) is 2.08. The second kappa shape index (κ2) is 6.41. The van der Waals surface area contributed by atoms with E-state index >= 15 is 0 Å². The zero-order valence-corrected chi connectivity index (χ0v) is 6.89. The van der Waals surface area contributed by atoms with Gasteiger partial charge in [-0.15, -0.1) is 0 Å². The first-order chi connectivity index (χ1) is 5.66. The first-order valence-electron chi connectivity index (χ1n) is 3.55. The Morgan fingerprint density at radius 1 is 1.58 bits per heavy atom. The molecule has 0 saturated carbocycles. The average molecular weight is 175 g/mol. The second-order valence-electron chi connectivity index (χ2n) is 2.08. The molecule has 12 heavy (non-hydrogen) atoms. The fraction of sp³-hybridized carbons (Fsp3) is 0.667. The summed E-state index contributed by atoms with van der Waals surface area (Å²) < 4.78 is 0. The first-order valence-corrected chi connectivity index (χ1v) is 3.55. The molecular formula is C6H13N3O3. The smallest absolute Gasteiger partial charge is 0.404 e. The third kappa shape index (κ3) is 6.81. The number of nitrogens with one attached hydrogen (secondary N) is 3. The quantitative estimate of drug-likeness (QED) is 0.364. The third-order valence-corrected chi connectivity index (χ3v) is 1.12. The van der Waals surface area contributed by atoms with E-state index in [9.17, 15) is 9.59 Å². The fourth-order valence-electron chi connectivity index (χ4n) is 0.555. The Hall–Kier alpha value is -1.30. The molecule has 1 heterocycles. The molecule has 1 saturated heterocycles. The van der Waals surface area contributed by atoms with Crippen molar-refractivity contribution in [2.24, 2.45) is 0 Å². The Bertz CT molecular complexity index is 152. The van der Waals surface area contributed by atoms with Crippen LogP contribution >= 0.6 is 0 Å². The van der Waals surface area contributed by atoms with Gasteiger partial charge in [0.1, 0.15) is 0 Å². The Morgan fingerprint density at radius 2 is 2.17 bits per heavy atom. The van der Waals surface area contributed by atoms with Crippen LogP contribution in [0.25, 0.3) is 0 Å². The molecule has 1 aliphatic rings. The molecule has 0 spiro atoms. The van der Waals surface area contributed by atoms with Crippen molar-refractivity contribution >= 4 is 12.0 Å². The molecule has 0 aliphatic carbocycles. The Labute approximate surface area is 70.3 Å². The minimum atomic E-state index is -0.995. The normalized spacial score (nSPS) is 15.2. The van der Waals surface area contributed by atoms with Crippen LogP contribution in [0.4, 0.5) is 4.79 Å². The van der Waals surface area contributed by atoms with E-state index in [1.54, 1.807) is 0 Å². The predicted molar refractivity (Wildman–Crippen MR) is 43.0 cm³/mol. The van der Waals surface area contributed by atoms with E-state index < -0.39 is 6.09 Å². The largest absolute Gasteiger partial charge is 0.465 e. The molecule has 2 amide bonds. The summed E-state index contributed by atoms with van der Waals surface area (Å²) in [5.41, 5.74) is 0. The lowest BCUT2D eigenvalue weighted by Crippen LogP contribution is -2.44. The number of piperazine rings is 1. The van der Waals surface area contributed by atoms with Crippen molar-refractivity contribution in [3.8, 4) is 0 Å². The highest BCUT2D eigenvalue weighted by Gasteiger charge is 2.02. The van der Waals surface area contributed by atoms with E-state index in [1.165, 1.54) is 7.05 Å². The molecule has 0 radical (unpaired) electrons. The maximum Gasteiger partial charge on any atom is 0.404 e. The van der Waals surface area contributed by atoms with Crippen molar-refractivity contribution < 1.29 is 14.7 Å². The monoisotopic (exact) mass is 175 g/mol. The summed E-state index contributed by atoms with van der Waals surface area (Å²) in [6.45, 7) is 2.17. The summed E-state index contributed by atoms with van der Waals surface area (Å²) in [4.78, 5) is 19.5. The van der Waals surface area contributed by atoms with Gasteiger partial charge in [0, 0.05) is 20.1 Å². The van der Waals surface area contributed by atoms with E-state index in [-0.39, 0.29) is 5.91 Å². The van der Waals surface area contributed by atoms with Crippen LogP contribution in [-0.4, -0.2) is 43.8 Å². The van der Waals surface area contributed by atoms with E-state index in [2.05, 4.69) is 10.6 Å². The Morgan fingerprint density at radius 3 is 2.33 bits per heavy atom. The molecule has 1 aliphatic heterocycles. The summed E-state index contributed by atoms with van der Waals surface area (Å²) in [6, 6.07) is 0. The topological polar surface area (TPSA) is 90.5 Å². The molecule has 1 fully saturated rings. The molecule has 70 valence electrons. The van der Waals surface area contributed by atoms with Crippen LogP contribution in [-0.2, 0) is 4.79 Å². The number of carbonyl (C=O) groups is 2. The van der Waals surface area contributed by atoms with Gasteiger partial charge < -0.3 is 21.1 Å². The van der Waals surface area contributed by atoms with Gasteiger partial charge in [0.2, 0.25) is 5.91 Å². The number of carbonyl (C=O) groups excluding carboxylic acids is 1. The van der Waals surface area contributed by atoms with Gasteiger partial charge in [0.25, 0.3) is 0 Å². The van der Waals surface area contributed by atoms with Crippen LogP contribution in [0.3, 0.4) is 0 Å². The highest BCUT2D eigenvalue weighted by molar-refractivity contribution is 5.78. The molecule has 6 nitrogen and oxygen atoms in total. The first kappa shape index (κ1) is 10.7. The van der Waals surface area contributed by atoms with Crippen LogP contribution in [0.15, 0.2) is 0 Å². The van der Waals surface area contributed by atoms with E-state index in [1.807, 2.05) is 5.32 Å². The third-order valence-electron chi connectivity index (χ3n) is 1.12. The van der Waals surface area contributed by atoms with Crippen molar-refractivity contribution in [3.05, 3.63) is 0 Å². The van der Waals surface area contributed by atoms with Crippen LogP contribution in [0, 0.1) is 0 Å². The predicted octanol–water partition coefficient (Wildman–Crippen LogP) is -1.41. The zero-order valence-electron chi connectivity index (χ0n) is 6.89. The molecule has 0 aromatic heterocycles. The van der Waals surface area contributed by atoms with Gasteiger partial charge >= 0.3 is 6.09 Å². The molecule has 4 N–H and O–H groups in total. The summed E-state index contributed by atoms with van der Waals surface area (Å²) in [5.74, 6) is 0.103. The molecule has 0 aromatic rings. The zero-order chi connectivity index (χ0) is 9.40. The van der Waals surface area contributed by atoms with Gasteiger partial charge in [0.05, 0.1) is 6.54 Å². The van der Waals surface area contributed by atoms with Crippen LogP contribution < -0.4 is 16.0 Å². The number of hydrogen-bond donors (Lipinski definition) is 4. The van der Waals surface area contributed by atoms with Crippen LogP contribution in [0.2, 0.25) is 0 Å². The summed E-state index contributed by atoms with van der Waals surface area (Å²) in [7, 11) is 1.35. The Kier molecular flexibility index (Phi) is 5.72. The molecule has 0 unspecified atom stereocenters. The highest BCUT2D eigenvalue weighted by atomic mass is 16.4. The SMILES string of the molecule is CNC(=O)O.O=C1CNCCN1. The van der Waals surface area contributed by atoms with Crippen molar-refractivity contribution in [1.29, 1.82) is 0 Å². The maximum atomic E-state index is 10.3. The lowest BCUT2D eigenvalue weighted by molar-refractivity contribution is -0.121. The lowest BCUT2D eigenvalue weighted by atomic mass is 10.4. The van der Waals surface area contributed by atoms with Crippen molar-refractivity contribution in [1.82, 2.24) is 16.0 Å². The minimum absolute atomic E-state index is 0.103. The van der Waals surface area contributed by atoms with Gasteiger partial charge in [-0.3, -0.25) is 4.79 Å². The number of amides is 2. The van der Waals surface area contributed by atoms with E-state index in [0.29, 0.717) is 6.54 Å². The highest BCUT2D eigenvalue weighted by Crippen LogP contribution is 1.69. The fourth-order valence-corrected chi connectivity index (χ4v) is 0.555. The molecule has 0 aromatic carbocycles. The van der Waals surface area contributed by atoms with Crippen LogP contribution in [0.1, 0.15) is 0 Å². The number of hydrogen-bond acceptors (Lipinski definition) is 3. The van der Waals surface area contributed by atoms with Gasteiger partial charge in [0.15, 0.2) is 0 Å². The average Bonchev–Trinajstić information content (AvgIpc) is 2.07. The van der Waals surface area contributed by atoms with Gasteiger partial charge in [-0.2, -0.15) is 0 Å². The summed E-state index contributed by atoms with van der Waals surface area (Å²) in [5, 5.41) is 15.2. The van der Waals surface area contributed by atoms with E-state index in [0.717, 1.165) is 13.1 Å². The number of carboxylic acid groups (broad SMARTS) is 1. The van der Waals surface area contributed by atoms with Crippen LogP contribution in [0.5, 0.6) is 0 Å². The van der Waals surface area contributed by atoms with Crippen molar-refractivity contribution in [2.75, 3.05) is 26.7 Å².